The van der Waals surface area contributed by atoms with Crippen molar-refractivity contribution in [3.05, 3.63) is 0 Å². The fourth-order valence-electron chi connectivity index (χ4n) is 3.08. The van der Waals surface area contributed by atoms with E-state index in [1.54, 1.807) is 4.90 Å². The molecule has 0 spiro atoms. The zero-order valence-corrected chi connectivity index (χ0v) is 12.6. The number of rotatable bonds is 2. The van der Waals surface area contributed by atoms with Gasteiger partial charge in [-0.25, -0.2) is 0 Å². The molecule has 2 aliphatic rings. The molecule has 0 bridgehead atoms. The van der Waals surface area contributed by atoms with Crippen LogP contribution in [-0.4, -0.2) is 60.4 Å². The van der Waals surface area contributed by atoms with Crippen molar-refractivity contribution in [3.8, 4) is 0 Å². The van der Waals surface area contributed by atoms with Crippen molar-refractivity contribution in [3.63, 3.8) is 0 Å². The average Bonchev–Trinajstić information content (AvgIpc) is 2.75. The summed E-state index contributed by atoms with van der Waals surface area (Å²) in [6.45, 7) is 6.22. The first kappa shape index (κ1) is 15.3. The molecule has 20 heavy (non-hydrogen) atoms. The van der Waals surface area contributed by atoms with E-state index in [9.17, 15) is 9.59 Å². The lowest BCUT2D eigenvalue weighted by Crippen LogP contribution is -2.53. The molecule has 0 radical (unpaired) electrons. The van der Waals surface area contributed by atoms with Crippen LogP contribution in [0.25, 0.3) is 0 Å². The lowest BCUT2D eigenvalue weighted by Gasteiger charge is -2.33. The highest BCUT2D eigenvalue weighted by Gasteiger charge is 2.27. The van der Waals surface area contributed by atoms with Gasteiger partial charge in [0.1, 0.15) is 0 Å². The smallest absolute Gasteiger partial charge is 0.311 e. The molecule has 0 aromatic carbocycles. The minimum atomic E-state index is -0.401. The Morgan fingerprint density at radius 1 is 1.00 bits per heavy atom. The predicted molar refractivity (Wildman–Crippen MR) is 78.3 cm³/mol. The molecule has 1 saturated heterocycles. The summed E-state index contributed by atoms with van der Waals surface area (Å²) < 4.78 is 0. The van der Waals surface area contributed by atoms with E-state index in [4.69, 9.17) is 0 Å². The number of nitrogens with zero attached hydrogens (tertiary/aromatic N) is 2. The molecule has 1 aliphatic heterocycles. The van der Waals surface area contributed by atoms with E-state index in [1.165, 1.54) is 12.8 Å². The number of carbonyl (C=O) groups excluding carboxylic acids is 2. The van der Waals surface area contributed by atoms with Crippen molar-refractivity contribution in [2.24, 2.45) is 0 Å². The zero-order chi connectivity index (χ0) is 14.4. The van der Waals surface area contributed by atoms with Gasteiger partial charge in [0.05, 0.1) is 0 Å². The van der Waals surface area contributed by atoms with Crippen LogP contribution < -0.4 is 5.32 Å². The molecule has 1 heterocycles. The molecule has 5 heteroatoms. The third kappa shape index (κ3) is 4.20. The highest BCUT2D eigenvalue weighted by Crippen LogP contribution is 2.17. The molecule has 0 unspecified atom stereocenters. The number of carbonyl (C=O) groups is 2. The normalized spacial score (nSPS) is 22.4. The van der Waals surface area contributed by atoms with E-state index in [-0.39, 0.29) is 11.9 Å². The second-order valence-electron chi connectivity index (χ2n) is 5.89. The van der Waals surface area contributed by atoms with Crippen molar-refractivity contribution >= 4 is 11.8 Å². The molecule has 2 fully saturated rings. The average molecular weight is 281 g/mol. The molecule has 1 aliphatic carbocycles. The van der Waals surface area contributed by atoms with Crippen molar-refractivity contribution in [1.82, 2.24) is 15.1 Å². The summed E-state index contributed by atoms with van der Waals surface area (Å²) in [5.74, 6) is -0.744. The van der Waals surface area contributed by atoms with Crippen molar-refractivity contribution in [2.45, 2.75) is 51.5 Å². The van der Waals surface area contributed by atoms with Gasteiger partial charge in [-0.1, -0.05) is 32.6 Å². The Balaban J connectivity index is 1.78. The molecule has 0 aromatic heterocycles. The number of piperazine rings is 1. The van der Waals surface area contributed by atoms with Crippen LogP contribution in [0.1, 0.15) is 45.4 Å². The van der Waals surface area contributed by atoms with E-state index in [0.29, 0.717) is 13.1 Å². The molecule has 2 rings (SSSR count). The van der Waals surface area contributed by atoms with Crippen molar-refractivity contribution in [2.75, 3.05) is 32.7 Å². The Labute approximate surface area is 121 Å². The van der Waals surface area contributed by atoms with E-state index >= 15 is 0 Å². The van der Waals surface area contributed by atoms with Gasteiger partial charge < -0.3 is 15.1 Å². The Bertz CT molecular complexity index is 330. The van der Waals surface area contributed by atoms with Gasteiger partial charge in [0.2, 0.25) is 0 Å². The van der Waals surface area contributed by atoms with Crippen molar-refractivity contribution < 1.29 is 9.59 Å². The fraction of sp³-hybridized carbons (Fsp3) is 0.867. The number of amides is 2. The SMILES string of the molecule is CCN1CCN(C(=O)C(=O)NC2CCCCCC2)CC1. The first-order chi connectivity index (χ1) is 9.70. The molecular formula is C15H27N3O2. The van der Waals surface area contributed by atoms with Crippen LogP contribution in [-0.2, 0) is 9.59 Å². The fourth-order valence-corrected chi connectivity index (χ4v) is 3.08. The highest BCUT2D eigenvalue weighted by atomic mass is 16.2. The summed E-state index contributed by atoms with van der Waals surface area (Å²) in [7, 11) is 0. The maximum atomic E-state index is 12.1. The molecule has 5 nitrogen and oxygen atoms in total. The molecule has 1 N–H and O–H groups in total. The molecule has 2 amide bonds. The molecule has 0 aromatic rings. The molecule has 114 valence electrons. The van der Waals surface area contributed by atoms with E-state index in [1.807, 2.05) is 0 Å². The maximum absolute atomic E-state index is 12.1. The van der Waals surface area contributed by atoms with Gasteiger partial charge in [-0.15, -0.1) is 0 Å². The van der Waals surface area contributed by atoms with Crippen LogP contribution in [0.15, 0.2) is 0 Å². The second kappa shape index (κ2) is 7.62. The largest absolute Gasteiger partial charge is 0.345 e. The minimum Gasteiger partial charge on any atom is -0.345 e. The number of nitrogens with one attached hydrogen (secondary N) is 1. The first-order valence-electron chi connectivity index (χ1n) is 8.03. The monoisotopic (exact) mass is 281 g/mol. The quantitative estimate of drug-likeness (QED) is 0.606. The summed E-state index contributed by atoms with van der Waals surface area (Å²) in [5, 5.41) is 2.94. The summed E-state index contributed by atoms with van der Waals surface area (Å²) in [6.07, 6.45) is 6.85. The lowest BCUT2D eigenvalue weighted by atomic mass is 10.1. The Morgan fingerprint density at radius 3 is 2.15 bits per heavy atom. The van der Waals surface area contributed by atoms with Gasteiger partial charge in [0.15, 0.2) is 0 Å². The third-order valence-electron chi connectivity index (χ3n) is 4.49. The van der Waals surface area contributed by atoms with E-state index in [2.05, 4.69) is 17.1 Å². The van der Waals surface area contributed by atoms with Gasteiger partial charge in [0, 0.05) is 32.2 Å². The van der Waals surface area contributed by atoms with Crippen LogP contribution in [0.2, 0.25) is 0 Å². The van der Waals surface area contributed by atoms with Crippen LogP contribution in [0, 0.1) is 0 Å². The van der Waals surface area contributed by atoms with Crippen molar-refractivity contribution in [1.29, 1.82) is 0 Å². The van der Waals surface area contributed by atoms with Gasteiger partial charge >= 0.3 is 11.8 Å². The predicted octanol–water partition coefficient (Wildman–Crippen LogP) is 0.989. The summed E-state index contributed by atoms with van der Waals surface area (Å²) in [6, 6.07) is 0.200. The third-order valence-corrected chi connectivity index (χ3v) is 4.49. The highest BCUT2D eigenvalue weighted by molar-refractivity contribution is 6.35. The molecule has 0 atom stereocenters. The number of likely N-dealkylation sites (N-methyl/N-ethyl adjacent to an activating group) is 1. The summed E-state index contributed by atoms with van der Waals surface area (Å²) >= 11 is 0. The number of hydrogen-bond acceptors (Lipinski definition) is 3. The van der Waals surface area contributed by atoms with Crippen LogP contribution in [0.4, 0.5) is 0 Å². The minimum absolute atomic E-state index is 0.200. The van der Waals surface area contributed by atoms with E-state index in [0.717, 1.165) is 45.3 Å². The molecular weight excluding hydrogens is 254 g/mol. The Morgan fingerprint density at radius 2 is 1.60 bits per heavy atom. The van der Waals surface area contributed by atoms with Gasteiger partial charge in [-0.05, 0) is 19.4 Å². The van der Waals surface area contributed by atoms with Crippen LogP contribution in [0.5, 0.6) is 0 Å². The van der Waals surface area contributed by atoms with Gasteiger partial charge in [-0.3, -0.25) is 9.59 Å². The maximum Gasteiger partial charge on any atom is 0.311 e. The topological polar surface area (TPSA) is 52.7 Å². The Hall–Kier alpha value is -1.10. The zero-order valence-electron chi connectivity index (χ0n) is 12.6. The second-order valence-corrected chi connectivity index (χ2v) is 5.89. The van der Waals surface area contributed by atoms with Crippen LogP contribution >= 0.6 is 0 Å². The summed E-state index contributed by atoms with van der Waals surface area (Å²) in [5.41, 5.74) is 0. The summed E-state index contributed by atoms with van der Waals surface area (Å²) in [4.78, 5) is 28.2. The van der Waals surface area contributed by atoms with E-state index < -0.39 is 5.91 Å². The van der Waals surface area contributed by atoms with Gasteiger partial charge in [0.25, 0.3) is 0 Å². The van der Waals surface area contributed by atoms with Gasteiger partial charge in [-0.2, -0.15) is 0 Å². The molecule has 1 saturated carbocycles. The number of hydrogen-bond donors (Lipinski definition) is 1. The lowest BCUT2D eigenvalue weighted by molar-refractivity contribution is -0.147. The standard InChI is InChI=1S/C15H27N3O2/c1-2-17-9-11-18(12-10-17)15(20)14(19)16-13-7-5-3-4-6-8-13/h13H,2-12H2,1H3,(H,16,19). The Kier molecular flexibility index (Phi) is 5.83. The first-order valence-corrected chi connectivity index (χ1v) is 8.03. The van der Waals surface area contributed by atoms with Crippen LogP contribution in [0.3, 0.4) is 0 Å².